The lowest BCUT2D eigenvalue weighted by Crippen LogP contribution is -2.59. The molecule has 4 aliphatic carbocycles. The maximum atomic E-state index is 11.6. The smallest absolute Gasteiger partial charge is 0.240 e. The van der Waals surface area contributed by atoms with E-state index in [0.29, 0.717) is 18.4 Å². The summed E-state index contributed by atoms with van der Waals surface area (Å²) in [5, 5.41) is 3.12. The molecule has 0 saturated heterocycles. The van der Waals surface area contributed by atoms with Gasteiger partial charge in [-0.25, -0.2) is 5.48 Å². The van der Waals surface area contributed by atoms with Gasteiger partial charge < -0.3 is 10.1 Å². The van der Waals surface area contributed by atoms with Crippen LogP contribution in [0.4, 0.5) is 0 Å². The van der Waals surface area contributed by atoms with E-state index in [9.17, 15) is 4.79 Å². The number of carbonyl (C=O) groups excluding carboxylic acids is 1. The highest BCUT2D eigenvalue weighted by Crippen LogP contribution is 2.63. The van der Waals surface area contributed by atoms with Crippen molar-refractivity contribution < 1.29 is 14.4 Å². The number of ether oxygens (including phenoxy) is 1. The Labute approximate surface area is 162 Å². The van der Waals surface area contributed by atoms with E-state index in [-0.39, 0.29) is 11.5 Å². The summed E-state index contributed by atoms with van der Waals surface area (Å²) in [5.74, 6) is 3.24. The van der Waals surface area contributed by atoms with Crippen LogP contribution in [0.15, 0.2) is 18.2 Å². The summed E-state index contributed by atoms with van der Waals surface area (Å²) < 4.78 is 5.94. The largest absolute Gasteiger partial charge is 0.492 e. The number of benzene rings is 1. The van der Waals surface area contributed by atoms with Crippen molar-refractivity contribution in [1.82, 2.24) is 10.8 Å². The van der Waals surface area contributed by atoms with E-state index in [4.69, 9.17) is 9.57 Å². The second-order valence-corrected chi connectivity index (χ2v) is 8.88. The average molecular weight is 373 g/mol. The number of aryl methyl sites for hydroxylation is 1. The van der Waals surface area contributed by atoms with E-state index in [1.807, 2.05) is 7.05 Å². The Bertz CT molecular complexity index is 691. The first-order valence-electron chi connectivity index (χ1n) is 10.3. The van der Waals surface area contributed by atoms with Crippen molar-refractivity contribution in [1.29, 1.82) is 0 Å². The summed E-state index contributed by atoms with van der Waals surface area (Å²) in [6, 6.07) is 6.45. The van der Waals surface area contributed by atoms with Crippen LogP contribution in [0.3, 0.4) is 0 Å². The summed E-state index contributed by atoms with van der Waals surface area (Å²) in [5.41, 5.74) is 5.06. The monoisotopic (exact) mass is 372 g/mol. The van der Waals surface area contributed by atoms with Crippen LogP contribution >= 0.6 is 0 Å². The minimum atomic E-state index is -0.269. The van der Waals surface area contributed by atoms with Gasteiger partial charge in [-0.1, -0.05) is 6.07 Å². The molecular weight excluding hydrogens is 340 g/mol. The predicted molar refractivity (Wildman–Crippen MR) is 105 cm³/mol. The highest BCUT2D eigenvalue weighted by Gasteiger charge is 2.59. The molecule has 0 heterocycles. The molecule has 0 radical (unpaired) electrons. The van der Waals surface area contributed by atoms with E-state index >= 15 is 0 Å². The van der Waals surface area contributed by atoms with Gasteiger partial charge in [-0.2, -0.15) is 0 Å². The lowest BCUT2D eigenvalue weighted by atomic mass is 9.48. The number of rotatable bonds is 7. The van der Waals surface area contributed by atoms with Crippen LogP contribution in [0.5, 0.6) is 5.75 Å². The topological polar surface area (TPSA) is 59.6 Å². The molecule has 0 aromatic heterocycles. The molecular formula is C22H32N2O3. The molecule has 5 rings (SSSR count). The number of hydroxylamine groups is 1. The molecule has 3 unspecified atom stereocenters. The zero-order valence-electron chi connectivity index (χ0n) is 16.7. The Kier molecular flexibility index (Phi) is 5.17. The molecule has 2 N–H and O–H groups in total. The standard InChI is InChI=1S/C22H32N2O3/c1-14-4-5-19(26-7-6-23-3)11-20(14)21-18-9-16-8-17(10-18)13-22(21,12-16)27-24-15(2)25/h4-5,11,16-18,21,23H,6-10,12-13H2,1-3H3,(H,24,25). The fourth-order valence-electron chi connectivity index (χ4n) is 6.14. The molecule has 1 amide bonds. The lowest BCUT2D eigenvalue weighted by molar-refractivity contribution is -0.211. The zero-order chi connectivity index (χ0) is 19.0. The summed E-state index contributed by atoms with van der Waals surface area (Å²) in [4.78, 5) is 17.8. The molecule has 5 nitrogen and oxygen atoms in total. The van der Waals surface area contributed by atoms with Gasteiger partial charge in [0.15, 0.2) is 0 Å². The minimum Gasteiger partial charge on any atom is -0.492 e. The SMILES string of the molecule is CNCCOc1ccc(C)c(C2C3CC4CC(C3)CC2(ONC(C)=O)C4)c1. The molecule has 1 aromatic carbocycles. The number of likely N-dealkylation sites (N-methyl/N-ethyl adjacent to an activating group) is 1. The van der Waals surface area contributed by atoms with E-state index < -0.39 is 0 Å². The molecule has 4 bridgehead atoms. The first-order chi connectivity index (χ1) is 13.0. The average Bonchev–Trinajstić information content (AvgIpc) is 2.62. The van der Waals surface area contributed by atoms with Crippen molar-refractivity contribution in [3.63, 3.8) is 0 Å². The molecule has 1 aromatic rings. The van der Waals surface area contributed by atoms with Crippen LogP contribution in [0, 0.1) is 24.7 Å². The van der Waals surface area contributed by atoms with Gasteiger partial charge in [-0.05, 0) is 87.1 Å². The maximum Gasteiger partial charge on any atom is 0.240 e. The quantitative estimate of drug-likeness (QED) is 0.569. The molecule has 3 atom stereocenters. The van der Waals surface area contributed by atoms with Crippen LogP contribution in [-0.2, 0) is 9.63 Å². The van der Waals surface area contributed by atoms with Crippen molar-refractivity contribution in [3.05, 3.63) is 29.3 Å². The summed E-state index contributed by atoms with van der Waals surface area (Å²) in [7, 11) is 1.93. The number of nitrogens with one attached hydrogen (secondary N) is 2. The summed E-state index contributed by atoms with van der Waals surface area (Å²) in [6.07, 6.45) is 6.01. The van der Waals surface area contributed by atoms with Crippen LogP contribution in [0.2, 0.25) is 0 Å². The van der Waals surface area contributed by atoms with Crippen LogP contribution < -0.4 is 15.5 Å². The van der Waals surface area contributed by atoms with Crippen molar-refractivity contribution in [2.75, 3.05) is 20.2 Å². The normalized spacial score (nSPS) is 33.9. The third-order valence-corrected chi connectivity index (χ3v) is 6.85. The van der Waals surface area contributed by atoms with Gasteiger partial charge in [-0.3, -0.25) is 9.63 Å². The Morgan fingerprint density at radius 3 is 2.63 bits per heavy atom. The maximum absolute atomic E-state index is 11.6. The third-order valence-electron chi connectivity index (χ3n) is 6.85. The Balaban J connectivity index is 1.65. The minimum absolute atomic E-state index is 0.120. The first-order valence-corrected chi connectivity index (χ1v) is 10.3. The molecule has 0 aliphatic heterocycles. The fraction of sp³-hybridized carbons (Fsp3) is 0.682. The van der Waals surface area contributed by atoms with Crippen LogP contribution in [0.1, 0.15) is 56.1 Å². The second kappa shape index (κ2) is 7.44. The third kappa shape index (κ3) is 3.59. The van der Waals surface area contributed by atoms with Crippen molar-refractivity contribution in [2.24, 2.45) is 17.8 Å². The molecule has 4 aliphatic rings. The van der Waals surface area contributed by atoms with Gasteiger partial charge in [0.25, 0.3) is 0 Å². The van der Waals surface area contributed by atoms with Gasteiger partial charge in [0, 0.05) is 19.4 Å². The fourth-order valence-corrected chi connectivity index (χ4v) is 6.14. The zero-order valence-corrected chi connectivity index (χ0v) is 16.7. The molecule has 4 saturated carbocycles. The van der Waals surface area contributed by atoms with Gasteiger partial charge in [0.2, 0.25) is 5.91 Å². The van der Waals surface area contributed by atoms with E-state index in [0.717, 1.165) is 37.0 Å². The van der Waals surface area contributed by atoms with E-state index in [1.54, 1.807) is 0 Å². The number of carbonyl (C=O) groups is 1. The molecule has 148 valence electrons. The second-order valence-electron chi connectivity index (χ2n) is 8.88. The molecule has 4 fully saturated rings. The van der Waals surface area contributed by atoms with Crippen molar-refractivity contribution >= 4 is 5.91 Å². The van der Waals surface area contributed by atoms with Crippen LogP contribution in [0.25, 0.3) is 0 Å². The predicted octanol–water partition coefficient (Wildman–Crippen LogP) is 3.32. The van der Waals surface area contributed by atoms with E-state index in [1.165, 1.54) is 37.3 Å². The lowest BCUT2D eigenvalue weighted by Gasteiger charge is -2.60. The van der Waals surface area contributed by atoms with E-state index in [2.05, 4.69) is 35.9 Å². The van der Waals surface area contributed by atoms with Gasteiger partial charge >= 0.3 is 0 Å². The van der Waals surface area contributed by atoms with Gasteiger partial charge in [0.1, 0.15) is 18.0 Å². The molecule has 0 spiro atoms. The van der Waals surface area contributed by atoms with Gasteiger partial charge in [-0.15, -0.1) is 0 Å². The Hall–Kier alpha value is -1.59. The Morgan fingerprint density at radius 1 is 1.22 bits per heavy atom. The number of hydrogen-bond donors (Lipinski definition) is 2. The highest BCUT2D eigenvalue weighted by molar-refractivity contribution is 5.71. The van der Waals surface area contributed by atoms with Crippen LogP contribution in [-0.4, -0.2) is 31.7 Å². The number of amides is 1. The Morgan fingerprint density at radius 2 is 1.96 bits per heavy atom. The number of hydrogen-bond acceptors (Lipinski definition) is 4. The first kappa shape index (κ1) is 18.8. The molecule has 27 heavy (non-hydrogen) atoms. The van der Waals surface area contributed by atoms with Crippen molar-refractivity contribution in [3.8, 4) is 5.75 Å². The highest BCUT2D eigenvalue weighted by atomic mass is 16.7. The summed E-state index contributed by atoms with van der Waals surface area (Å²) in [6.45, 7) is 5.19. The van der Waals surface area contributed by atoms with Crippen molar-refractivity contribution in [2.45, 2.75) is 57.5 Å². The summed E-state index contributed by atoms with van der Waals surface area (Å²) >= 11 is 0. The molecule has 5 heteroatoms. The van der Waals surface area contributed by atoms with Gasteiger partial charge in [0.05, 0.1) is 0 Å².